The molecule has 1 aliphatic rings. The maximum Gasteiger partial charge on any atom is 0.312 e. The lowest BCUT2D eigenvalue weighted by molar-refractivity contribution is -0.152. The van der Waals surface area contributed by atoms with Crippen molar-refractivity contribution in [1.82, 2.24) is 14.1 Å². The van der Waals surface area contributed by atoms with Crippen LogP contribution < -0.4 is 4.74 Å². The maximum absolute atomic E-state index is 13.7. The zero-order chi connectivity index (χ0) is 33.3. The summed E-state index contributed by atoms with van der Waals surface area (Å²) in [6.07, 6.45) is 0. The summed E-state index contributed by atoms with van der Waals surface area (Å²) in [7, 11) is -2.14. The van der Waals surface area contributed by atoms with E-state index in [1.165, 1.54) is 19.7 Å². The molecule has 0 atom stereocenters. The van der Waals surface area contributed by atoms with Crippen molar-refractivity contribution in [2.75, 3.05) is 33.2 Å². The van der Waals surface area contributed by atoms with Gasteiger partial charge in [-0.15, -0.1) is 0 Å². The van der Waals surface area contributed by atoms with Gasteiger partial charge >= 0.3 is 11.8 Å². The fraction of sp³-hybridized carbons (Fsp3) is 0.444. The van der Waals surface area contributed by atoms with Crippen LogP contribution in [0.3, 0.4) is 0 Å². The van der Waals surface area contributed by atoms with Crippen molar-refractivity contribution in [2.24, 2.45) is 0 Å². The molecule has 3 aromatic carbocycles. The van der Waals surface area contributed by atoms with E-state index in [0.29, 0.717) is 22.6 Å². The topological polar surface area (TPSA) is 87.2 Å². The van der Waals surface area contributed by atoms with E-state index in [2.05, 4.69) is 39.8 Å². The van der Waals surface area contributed by atoms with Crippen LogP contribution in [0.4, 0.5) is 0 Å². The van der Waals surface area contributed by atoms with Gasteiger partial charge < -0.3 is 14.5 Å². The summed E-state index contributed by atoms with van der Waals surface area (Å²) < 4.78 is 34.9. The van der Waals surface area contributed by atoms with Crippen LogP contribution in [-0.2, 0) is 38.2 Å². The third kappa shape index (κ3) is 7.59. The van der Waals surface area contributed by atoms with Crippen molar-refractivity contribution in [1.29, 1.82) is 0 Å². The first kappa shape index (κ1) is 34.2. The number of nitrogens with zero attached hydrogens (tertiary/aromatic N) is 3. The number of sulfonamides is 1. The fourth-order valence-corrected chi connectivity index (χ4v) is 7.81. The molecule has 0 aromatic heterocycles. The lowest BCUT2D eigenvalue weighted by atomic mass is 9.85. The van der Waals surface area contributed by atoms with E-state index >= 15 is 0 Å². The summed E-state index contributed by atoms with van der Waals surface area (Å²) >= 11 is 0. The predicted octanol–water partition coefficient (Wildman–Crippen LogP) is 5.60. The summed E-state index contributed by atoms with van der Waals surface area (Å²) in [6, 6.07) is 16.0. The first-order valence-electron chi connectivity index (χ1n) is 15.4. The van der Waals surface area contributed by atoms with E-state index in [-0.39, 0.29) is 38.1 Å². The Morgan fingerprint density at radius 3 is 1.91 bits per heavy atom. The lowest BCUT2D eigenvalue weighted by Crippen LogP contribution is -2.54. The minimum Gasteiger partial charge on any atom is -0.488 e. The Labute approximate surface area is 269 Å². The Kier molecular flexibility index (Phi) is 10.1. The number of aryl methyl sites for hydroxylation is 5. The smallest absolute Gasteiger partial charge is 0.312 e. The second kappa shape index (κ2) is 13.3. The molecule has 0 radical (unpaired) electrons. The summed E-state index contributed by atoms with van der Waals surface area (Å²) in [4.78, 5) is 29.5. The van der Waals surface area contributed by atoms with Crippen LogP contribution in [0.2, 0.25) is 0 Å². The number of carbonyl (C=O) groups excluding carboxylic acids is 2. The number of hydrogen-bond acceptors (Lipinski definition) is 5. The number of rotatable bonds is 7. The van der Waals surface area contributed by atoms with E-state index in [1.807, 2.05) is 64.1 Å². The highest BCUT2D eigenvalue weighted by molar-refractivity contribution is 7.89. The Hall–Kier alpha value is -3.69. The van der Waals surface area contributed by atoms with Gasteiger partial charge in [0.2, 0.25) is 10.0 Å². The molecule has 0 saturated carbocycles. The number of carbonyl (C=O) groups is 2. The van der Waals surface area contributed by atoms with Gasteiger partial charge in [-0.2, -0.15) is 4.31 Å². The van der Waals surface area contributed by atoms with Gasteiger partial charge in [0.05, 0.1) is 4.90 Å². The summed E-state index contributed by atoms with van der Waals surface area (Å²) in [5.41, 5.74) is 7.54. The molecule has 9 heteroatoms. The second-order valence-corrected chi connectivity index (χ2v) is 15.2. The average Bonchev–Trinajstić information content (AvgIpc) is 2.96. The molecule has 1 aliphatic heterocycles. The quantitative estimate of drug-likeness (QED) is 0.317. The van der Waals surface area contributed by atoms with Gasteiger partial charge in [-0.05, 0) is 84.5 Å². The number of hydrogen-bond donors (Lipinski definition) is 0. The molecule has 2 amide bonds. The molecule has 1 heterocycles. The highest BCUT2D eigenvalue weighted by Crippen LogP contribution is 2.31. The minimum atomic E-state index is -3.76. The van der Waals surface area contributed by atoms with Crippen LogP contribution in [0.25, 0.3) is 0 Å². The first-order chi connectivity index (χ1) is 21.0. The van der Waals surface area contributed by atoms with Crippen LogP contribution in [0.5, 0.6) is 5.75 Å². The lowest BCUT2D eigenvalue weighted by Gasteiger charge is -2.35. The summed E-state index contributed by atoms with van der Waals surface area (Å²) in [5.74, 6) is -0.426. The predicted molar refractivity (Wildman–Crippen MR) is 178 cm³/mol. The Bertz CT molecular complexity index is 1650. The van der Waals surface area contributed by atoms with Gasteiger partial charge in [0.15, 0.2) is 0 Å². The standard InChI is InChI=1S/C36H47N3O5S/c1-24-12-10-11-13-30(24)23-44-32-25(2)18-29(19-26(32)3)22-37(9)34(40)35(41)38-14-16-39(17-15-38)45(42,43)33-27(4)20-31(21-28(33)5)36(6,7)8/h10-13,18-21H,14-17,22-23H2,1-9H3. The highest BCUT2D eigenvalue weighted by Gasteiger charge is 2.35. The number of ether oxygens (including phenoxy) is 1. The van der Waals surface area contributed by atoms with Crippen molar-refractivity contribution in [3.05, 3.63) is 93.0 Å². The number of likely N-dealkylation sites (N-methyl/N-ethyl adjacent to an activating group) is 1. The zero-order valence-corrected chi connectivity index (χ0v) is 29.0. The van der Waals surface area contributed by atoms with E-state index in [4.69, 9.17) is 4.74 Å². The Morgan fingerprint density at radius 1 is 0.822 bits per heavy atom. The molecule has 0 bridgehead atoms. The van der Waals surface area contributed by atoms with Crippen LogP contribution >= 0.6 is 0 Å². The third-order valence-corrected chi connectivity index (χ3v) is 10.8. The molecule has 0 spiro atoms. The zero-order valence-electron chi connectivity index (χ0n) is 28.2. The van der Waals surface area contributed by atoms with E-state index in [0.717, 1.165) is 33.6 Å². The number of benzene rings is 3. The summed E-state index contributed by atoms with van der Waals surface area (Å²) in [6.45, 7) is 17.3. The summed E-state index contributed by atoms with van der Waals surface area (Å²) in [5, 5.41) is 0. The molecular weight excluding hydrogens is 586 g/mol. The Morgan fingerprint density at radius 2 is 1.38 bits per heavy atom. The van der Waals surface area contributed by atoms with Crippen LogP contribution in [0, 0.1) is 34.6 Å². The number of piperazine rings is 1. The van der Waals surface area contributed by atoms with E-state index in [1.54, 1.807) is 7.05 Å². The number of amides is 2. The van der Waals surface area contributed by atoms with Gasteiger partial charge in [0, 0.05) is 39.8 Å². The molecule has 0 unspecified atom stereocenters. The molecule has 1 fully saturated rings. The first-order valence-corrected chi connectivity index (χ1v) is 16.9. The molecular formula is C36H47N3O5S. The van der Waals surface area contributed by atoms with Gasteiger partial charge in [-0.25, -0.2) is 8.42 Å². The van der Waals surface area contributed by atoms with Crippen LogP contribution in [0.1, 0.15) is 65.3 Å². The van der Waals surface area contributed by atoms with Crippen molar-refractivity contribution < 1.29 is 22.7 Å². The molecule has 242 valence electrons. The normalized spacial score (nSPS) is 14.4. The van der Waals surface area contributed by atoms with Crippen molar-refractivity contribution in [3.8, 4) is 5.75 Å². The molecule has 0 aliphatic carbocycles. The van der Waals surface area contributed by atoms with Crippen molar-refractivity contribution >= 4 is 21.8 Å². The molecule has 4 rings (SSSR count). The average molecular weight is 634 g/mol. The highest BCUT2D eigenvalue weighted by atomic mass is 32.2. The van der Waals surface area contributed by atoms with Crippen molar-refractivity contribution in [3.63, 3.8) is 0 Å². The van der Waals surface area contributed by atoms with Crippen molar-refractivity contribution in [2.45, 2.75) is 78.9 Å². The Balaban J connectivity index is 1.37. The van der Waals surface area contributed by atoms with Gasteiger partial charge in [-0.1, -0.05) is 69.3 Å². The van der Waals surface area contributed by atoms with Gasteiger partial charge in [0.25, 0.3) is 0 Å². The van der Waals surface area contributed by atoms with E-state index < -0.39 is 21.8 Å². The van der Waals surface area contributed by atoms with Crippen LogP contribution in [-0.4, -0.2) is 67.6 Å². The molecule has 1 saturated heterocycles. The molecule has 8 nitrogen and oxygen atoms in total. The monoisotopic (exact) mass is 633 g/mol. The third-order valence-electron chi connectivity index (χ3n) is 8.55. The molecule has 0 N–H and O–H groups in total. The molecule has 45 heavy (non-hydrogen) atoms. The minimum absolute atomic E-state index is 0.0964. The van der Waals surface area contributed by atoms with Crippen LogP contribution in [0.15, 0.2) is 53.4 Å². The SMILES string of the molecule is Cc1ccccc1COc1c(C)cc(CN(C)C(=O)C(=O)N2CCN(S(=O)(=O)c3c(C)cc(C(C)(C)C)cc3C)CC2)cc1C. The molecule has 3 aromatic rings. The second-order valence-electron chi connectivity index (χ2n) is 13.3. The fourth-order valence-electron chi connectivity index (χ4n) is 5.98. The van der Waals surface area contributed by atoms with Gasteiger partial charge in [-0.3, -0.25) is 9.59 Å². The van der Waals surface area contributed by atoms with Gasteiger partial charge in [0.1, 0.15) is 12.4 Å². The largest absolute Gasteiger partial charge is 0.488 e. The van der Waals surface area contributed by atoms with E-state index in [9.17, 15) is 18.0 Å². The maximum atomic E-state index is 13.7.